The Morgan fingerprint density at radius 2 is 2.05 bits per heavy atom. The summed E-state index contributed by atoms with van der Waals surface area (Å²) in [5.74, 6) is 0.722. The highest BCUT2D eigenvalue weighted by molar-refractivity contribution is 5.97. The van der Waals surface area contributed by atoms with Crippen molar-refractivity contribution in [1.29, 1.82) is 0 Å². The number of nitrogens with one attached hydrogen (secondary N) is 2. The van der Waals surface area contributed by atoms with Crippen molar-refractivity contribution in [3.05, 3.63) is 29.8 Å². The van der Waals surface area contributed by atoms with E-state index >= 15 is 0 Å². The molecule has 1 amide bonds. The molecule has 2 aliphatic rings. The maximum Gasteiger partial charge on any atom is 0.255 e. The van der Waals surface area contributed by atoms with Gasteiger partial charge in [-0.1, -0.05) is 25.5 Å². The van der Waals surface area contributed by atoms with E-state index < -0.39 is 0 Å². The predicted octanol–water partition coefficient (Wildman–Crippen LogP) is 2.10. The lowest BCUT2D eigenvalue weighted by molar-refractivity contribution is 0.00311. The van der Waals surface area contributed by atoms with Crippen molar-refractivity contribution in [2.75, 3.05) is 13.1 Å². The van der Waals surface area contributed by atoms with Crippen molar-refractivity contribution in [2.45, 2.75) is 44.2 Å². The van der Waals surface area contributed by atoms with E-state index in [4.69, 9.17) is 4.74 Å². The van der Waals surface area contributed by atoms with E-state index in [0.29, 0.717) is 5.56 Å². The third kappa shape index (κ3) is 2.29. The zero-order valence-electron chi connectivity index (χ0n) is 11.9. The van der Waals surface area contributed by atoms with Crippen LogP contribution in [0.25, 0.3) is 0 Å². The summed E-state index contributed by atoms with van der Waals surface area (Å²) in [6.45, 7) is 4.04. The summed E-state index contributed by atoms with van der Waals surface area (Å²) in [5.41, 5.74) is 0.396. The van der Waals surface area contributed by atoms with E-state index in [2.05, 4.69) is 17.6 Å². The van der Waals surface area contributed by atoms with E-state index in [-0.39, 0.29) is 17.6 Å². The number of ether oxygens (including phenoxy) is 1. The van der Waals surface area contributed by atoms with Gasteiger partial charge < -0.3 is 15.4 Å². The number of benzene rings is 1. The van der Waals surface area contributed by atoms with Crippen LogP contribution in [0, 0.1) is 0 Å². The van der Waals surface area contributed by atoms with Gasteiger partial charge in [0.2, 0.25) is 0 Å². The molecule has 1 unspecified atom stereocenters. The Morgan fingerprint density at radius 3 is 2.80 bits per heavy atom. The van der Waals surface area contributed by atoms with Crippen LogP contribution in [0.2, 0.25) is 0 Å². The standard InChI is InChI=1S/C16H22N2O2/c1-2-5-14-16(8-10-17-11-9-16)20-13-7-4-3-6-12(13)15(19)18-14/h3-4,6-7,14,17H,2,5,8-11H2,1H3,(H,18,19). The Bertz CT molecular complexity index is 495. The summed E-state index contributed by atoms with van der Waals surface area (Å²) < 4.78 is 6.40. The molecule has 1 spiro atoms. The fourth-order valence-corrected chi connectivity index (χ4v) is 3.33. The summed E-state index contributed by atoms with van der Waals surface area (Å²) in [6.07, 6.45) is 3.87. The third-order valence-corrected chi connectivity index (χ3v) is 4.41. The normalized spacial score (nSPS) is 24.4. The quantitative estimate of drug-likeness (QED) is 0.868. The van der Waals surface area contributed by atoms with Crippen molar-refractivity contribution >= 4 is 5.91 Å². The van der Waals surface area contributed by atoms with Gasteiger partial charge in [-0.2, -0.15) is 0 Å². The van der Waals surface area contributed by atoms with Gasteiger partial charge in [0, 0.05) is 12.8 Å². The van der Waals surface area contributed by atoms with Crippen LogP contribution in [0.5, 0.6) is 5.75 Å². The van der Waals surface area contributed by atoms with Crippen LogP contribution in [0.15, 0.2) is 24.3 Å². The summed E-state index contributed by atoms with van der Waals surface area (Å²) >= 11 is 0. The first-order valence-electron chi connectivity index (χ1n) is 7.55. The predicted molar refractivity (Wildman–Crippen MR) is 78.1 cm³/mol. The topological polar surface area (TPSA) is 50.4 Å². The van der Waals surface area contributed by atoms with Gasteiger partial charge in [0.25, 0.3) is 5.91 Å². The Labute approximate surface area is 119 Å². The van der Waals surface area contributed by atoms with Crippen LogP contribution in [-0.4, -0.2) is 30.6 Å². The molecule has 0 aromatic heterocycles. The molecule has 1 atom stereocenters. The molecule has 0 aliphatic carbocycles. The summed E-state index contributed by atoms with van der Waals surface area (Å²) in [7, 11) is 0. The molecule has 2 heterocycles. The van der Waals surface area contributed by atoms with E-state index in [0.717, 1.165) is 44.5 Å². The number of para-hydroxylation sites is 1. The maximum absolute atomic E-state index is 12.4. The highest BCUT2D eigenvalue weighted by Crippen LogP contribution is 2.35. The van der Waals surface area contributed by atoms with Crippen LogP contribution in [0.3, 0.4) is 0 Å². The summed E-state index contributed by atoms with van der Waals surface area (Å²) in [6, 6.07) is 7.66. The number of hydrogen-bond donors (Lipinski definition) is 2. The average molecular weight is 274 g/mol. The largest absolute Gasteiger partial charge is 0.484 e. The lowest BCUT2D eigenvalue weighted by Gasteiger charge is -2.42. The Balaban J connectivity index is 2.00. The van der Waals surface area contributed by atoms with Gasteiger partial charge in [0.15, 0.2) is 0 Å². The first-order valence-corrected chi connectivity index (χ1v) is 7.55. The molecule has 4 nitrogen and oxygen atoms in total. The molecule has 108 valence electrons. The minimum absolute atomic E-state index is 0.00513. The van der Waals surface area contributed by atoms with Crippen molar-refractivity contribution in [1.82, 2.24) is 10.6 Å². The van der Waals surface area contributed by atoms with Crippen molar-refractivity contribution in [3.8, 4) is 5.75 Å². The van der Waals surface area contributed by atoms with Crippen LogP contribution in [0.1, 0.15) is 43.0 Å². The zero-order chi connectivity index (χ0) is 14.0. The maximum atomic E-state index is 12.4. The van der Waals surface area contributed by atoms with E-state index in [1.54, 1.807) is 0 Å². The number of carbonyl (C=O) groups excluding carboxylic acids is 1. The second kappa shape index (κ2) is 5.44. The molecule has 3 rings (SSSR count). The van der Waals surface area contributed by atoms with E-state index in [1.165, 1.54) is 0 Å². The molecular weight excluding hydrogens is 252 g/mol. The highest BCUT2D eigenvalue weighted by atomic mass is 16.5. The Morgan fingerprint density at radius 1 is 1.30 bits per heavy atom. The first-order chi connectivity index (χ1) is 9.75. The number of fused-ring (bicyclic) bond motifs is 1. The van der Waals surface area contributed by atoms with Gasteiger partial charge in [-0.25, -0.2) is 0 Å². The second-order valence-electron chi connectivity index (χ2n) is 5.73. The van der Waals surface area contributed by atoms with Crippen molar-refractivity contribution in [2.24, 2.45) is 0 Å². The molecule has 4 heteroatoms. The molecule has 0 saturated carbocycles. The molecule has 1 aromatic rings. The first kappa shape index (κ1) is 13.4. The average Bonchev–Trinajstić information content (AvgIpc) is 2.57. The number of carbonyl (C=O) groups is 1. The van der Waals surface area contributed by atoms with Crippen LogP contribution >= 0.6 is 0 Å². The minimum atomic E-state index is -0.260. The number of amides is 1. The van der Waals surface area contributed by atoms with Crippen LogP contribution in [-0.2, 0) is 0 Å². The lowest BCUT2D eigenvalue weighted by atomic mass is 9.82. The van der Waals surface area contributed by atoms with Crippen molar-refractivity contribution in [3.63, 3.8) is 0 Å². The SMILES string of the molecule is CCCC1NC(=O)c2ccccc2OC12CCNCC2. The smallest absolute Gasteiger partial charge is 0.255 e. The Kier molecular flexibility index (Phi) is 3.66. The molecule has 20 heavy (non-hydrogen) atoms. The Hall–Kier alpha value is -1.55. The van der Waals surface area contributed by atoms with Gasteiger partial charge in [0.1, 0.15) is 11.4 Å². The number of piperidine rings is 1. The molecule has 1 aromatic carbocycles. The highest BCUT2D eigenvalue weighted by Gasteiger charge is 2.45. The monoisotopic (exact) mass is 274 g/mol. The molecular formula is C16H22N2O2. The van der Waals surface area contributed by atoms with Crippen LogP contribution < -0.4 is 15.4 Å². The summed E-state index contributed by atoms with van der Waals surface area (Å²) in [4.78, 5) is 12.4. The fourth-order valence-electron chi connectivity index (χ4n) is 3.33. The summed E-state index contributed by atoms with van der Waals surface area (Å²) in [5, 5.41) is 6.59. The van der Waals surface area contributed by atoms with Crippen molar-refractivity contribution < 1.29 is 9.53 Å². The zero-order valence-corrected chi connectivity index (χ0v) is 11.9. The van der Waals surface area contributed by atoms with Crippen LogP contribution in [0.4, 0.5) is 0 Å². The molecule has 1 saturated heterocycles. The van der Waals surface area contributed by atoms with Gasteiger partial charge in [-0.3, -0.25) is 4.79 Å². The second-order valence-corrected chi connectivity index (χ2v) is 5.73. The van der Waals surface area contributed by atoms with Gasteiger partial charge >= 0.3 is 0 Å². The molecule has 0 radical (unpaired) electrons. The van der Waals surface area contributed by atoms with Gasteiger partial charge in [-0.05, 0) is 31.6 Å². The molecule has 0 bridgehead atoms. The van der Waals surface area contributed by atoms with E-state index in [1.807, 2.05) is 24.3 Å². The molecule has 1 fully saturated rings. The lowest BCUT2D eigenvalue weighted by Crippen LogP contribution is -2.59. The minimum Gasteiger partial charge on any atom is -0.484 e. The fraction of sp³-hybridized carbons (Fsp3) is 0.562. The molecule has 2 N–H and O–H groups in total. The molecule has 2 aliphatic heterocycles. The number of rotatable bonds is 2. The number of hydrogen-bond acceptors (Lipinski definition) is 3. The van der Waals surface area contributed by atoms with Gasteiger partial charge in [-0.15, -0.1) is 0 Å². The van der Waals surface area contributed by atoms with E-state index in [9.17, 15) is 4.79 Å². The van der Waals surface area contributed by atoms with Gasteiger partial charge in [0.05, 0.1) is 11.6 Å². The third-order valence-electron chi connectivity index (χ3n) is 4.41.